The molecule has 1 saturated heterocycles. The maximum Gasteiger partial charge on any atom is 0.295 e. The Hall–Kier alpha value is -2.06. The van der Waals surface area contributed by atoms with Gasteiger partial charge < -0.3 is 10.1 Å². The number of nitrogens with two attached hydrogens (primary N) is 1. The highest BCUT2D eigenvalue weighted by molar-refractivity contribution is 7.89. The van der Waals surface area contributed by atoms with Crippen LogP contribution < -0.4 is 21.3 Å². The summed E-state index contributed by atoms with van der Waals surface area (Å²) < 4.78 is 27.9. The van der Waals surface area contributed by atoms with E-state index in [1.807, 2.05) is 0 Å². The third-order valence-corrected chi connectivity index (χ3v) is 4.78. The van der Waals surface area contributed by atoms with E-state index < -0.39 is 20.6 Å². The minimum atomic E-state index is -4.03. The molecule has 1 aromatic rings. The van der Waals surface area contributed by atoms with Gasteiger partial charge in [0.1, 0.15) is 5.69 Å². The first kappa shape index (κ1) is 20.3. The molecule has 0 unspecified atom stereocenters. The van der Waals surface area contributed by atoms with Crippen LogP contribution in [0.4, 0.5) is 11.4 Å². The van der Waals surface area contributed by atoms with Gasteiger partial charge in [0.2, 0.25) is 10.0 Å². The molecule has 11 nitrogen and oxygen atoms in total. The van der Waals surface area contributed by atoms with Crippen molar-refractivity contribution in [3.05, 3.63) is 28.3 Å². The average Bonchev–Trinajstić information content (AvgIpc) is 2.60. The second-order valence-corrected chi connectivity index (χ2v) is 7.41. The molecule has 0 saturated carbocycles. The molecule has 0 bridgehead atoms. The quantitative estimate of drug-likeness (QED) is 0.262. The van der Waals surface area contributed by atoms with Crippen LogP contribution in [0.1, 0.15) is 0 Å². The molecule has 1 heterocycles. The van der Waals surface area contributed by atoms with Crippen LogP contribution in [0.3, 0.4) is 0 Å². The predicted octanol–water partition coefficient (Wildman–Crippen LogP) is -0.635. The second-order valence-electron chi connectivity index (χ2n) is 5.44. The van der Waals surface area contributed by atoms with Crippen molar-refractivity contribution in [1.82, 2.24) is 15.6 Å². The number of morpholine rings is 1. The molecular formula is C13H20N6O5S2. The zero-order valence-corrected chi connectivity index (χ0v) is 15.4. The molecule has 1 fully saturated rings. The zero-order chi connectivity index (χ0) is 19.2. The Morgan fingerprint density at radius 3 is 2.69 bits per heavy atom. The minimum absolute atomic E-state index is 0.0553. The van der Waals surface area contributed by atoms with Crippen LogP contribution in [0.5, 0.6) is 0 Å². The number of nitro benzene ring substituents is 1. The van der Waals surface area contributed by atoms with Crippen LogP contribution >= 0.6 is 12.2 Å². The topological polar surface area (TPSA) is 152 Å². The Labute approximate surface area is 156 Å². The van der Waals surface area contributed by atoms with Crippen LogP contribution in [-0.2, 0) is 14.8 Å². The van der Waals surface area contributed by atoms with Gasteiger partial charge >= 0.3 is 0 Å². The second kappa shape index (κ2) is 9.05. The van der Waals surface area contributed by atoms with Crippen molar-refractivity contribution in [3.63, 3.8) is 0 Å². The molecule has 0 aliphatic carbocycles. The number of hydrazine groups is 1. The molecule has 2 rings (SSSR count). The van der Waals surface area contributed by atoms with Gasteiger partial charge in [-0.2, -0.15) is 0 Å². The Morgan fingerprint density at radius 1 is 1.38 bits per heavy atom. The van der Waals surface area contributed by atoms with E-state index in [2.05, 4.69) is 21.1 Å². The molecule has 0 spiro atoms. The lowest BCUT2D eigenvalue weighted by atomic mass is 10.3. The summed E-state index contributed by atoms with van der Waals surface area (Å²) in [6.45, 7) is 4.53. The van der Waals surface area contributed by atoms with Crippen molar-refractivity contribution in [3.8, 4) is 0 Å². The van der Waals surface area contributed by atoms with Gasteiger partial charge in [0, 0.05) is 32.2 Å². The number of rotatable bonds is 7. The molecule has 0 atom stereocenters. The first-order chi connectivity index (χ1) is 12.3. The lowest BCUT2D eigenvalue weighted by Crippen LogP contribution is -2.44. The fourth-order valence-corrected chi connectivity index (χ4v) is 2.95. The Balaban J connectivity index is 1.87. The molecule has 26 heavy (non-hydrogen) atoms. The highest BCUT2D eigenvalue weighted by atomic mass is 32.2. The van der Waals surface area contributed by atoms with Crippen molar-refractivity contribution in [2.24, 2.45) is 5.14 Å². The normalized spacial score (nSPS) is 15.3. The number of nitrogens with one attached hydrogen (secondary N) is 3. The number of primary sulfonamides is 1. The average molecular weight is 404 g/mol. The maximum atomic E-state index is 11.3. The van der Waals surface area contributed by atoms with E-state index in [1.165, 1.54) is 12.1 Å². The van der Waals surface area contributed by atoms with Gasteiger partial charge in [0.15, 0.2) is 5.11 Å². The van der Waals surface area contributed by atoms with Gasteiger partial charge in [-0.3, -0.25) is 25.9 Å². The summed E-state index contributed by atoms with van der Waals surface area (Å²) in [5.74, 6) is 0. The molecule has 0 radical (unpaired) electrons. The van der Waals surface area contributed by atoms with E-state index in [0.717, 1.165) is 25.7 Å². The third-order valence-electron chi connectivity index (χ3n) is 3.62. The standard InChI is InChI=1S/C13H20N6O5S2/c14-26(22,23)10-1-2-11(12(9-10)19(20)21)16-17-13(25)15-3-4-18-5-7-24-8-6-18/h1-2,9,16H,3-8H2,(H2,14,22,23)(H2,15,17,25). The zero-order valence-electron chi connectivity index (χ0n) is 13.8. The van der Waals surface area contributed by atoms with Crippen LogP contribution in [0.2, 0.25) is 0 Å². The molecule has 1 aromatic carbocycles. The number of sulfonamides is 1. The summed E-state index contributed by atoms with van der Waals surface area (Å²) in [6.07, 6.45) is 0. The number of hydrogen-bond acceptors (Lipinski definition) is 8. The lowest BCUT2D eigenvalue weighted by Gasteiger charge is -2.26. The van der Waals surface area contributed by atoms with Gasteiger partial charge in [-0.1, -0.05) is 0 Å². The predicted molar refractivity (Wildman–Crippen MR) is 99.1 cm³/mol. The van der Waals surface area contributed by atoms with Gasteiger partial charge in [-0.05, 0) is 24.4 Å². The Bertz CT molecular complexity index is 766. The molecule has 1 aliphatic heterocycles. The van der Waals surface area contributed by atoms with Gasteiger partial charge in [0.05, 0.1) is 23.0 Å². The summed E-state index contributed by atoms with van der Waals surface area (Å²) in [4.78, 5) is 12.3. The number of thiocarbonyl (C=S) groups is 1. The molecule has 0 amide bonds. The van der Waals surface area contributed by atoms with E-state index in [9.17, 15) is 18.5 Å². The number of benzene rings is 1. The van der Waals surface area contributed by atoms with Gasteiger partial charge in [-0.25, -0.2) is 13.6 Å². The van der Waals surface area contributed by atoms with E-state index in [4.69, 9.17) is 22.1 Å². The summed E-state index contributed by atoms with van der Waals surface area (Å²) in [5.41, 5.74) is 4.84. The summed E-state index contributed by atoms with van der Waals surface area (Å²) in [7, 11) is -4.03. The lowest BCUT2D eigenvalue weighted by molar-refractivity contribution is -0.384. The van der Waals surface area contributed by atoms with Crippen molar-refractivity contribution in [1.29, 1.82) is 0 Å². The molecular weight excluding hydrogens is 384 g/mol. The fraction of sp³-hybridized carbons (Fsp3) is 0.462. The van der Waals surface area contributed by atoms with E-state index in [0.29, 0.717) is 19.8 Å². The SMILES string of the molecule is NS(=O)(=O)c1ccc(NNC(=S)NCCN2CCOCC2)c([N+](=O)[O-])c1. The van der Waals surface area contributed by atoms with Crippen LogP contribution in [0.15, 0.2) is 23.1 Å². The van der Waals surface area contributed by atoms with Gasteiger partial charge in [0.25, 0.3) is 5.69 Å². The molecule has 13 heteroatoms. The van der Waals surface area contributed by atoms with Crippen LogP contribution in [0.25, 0.3) is 0 Å². The smallest absolute Gasteiger partial charge is 0.295 e. The first-order valence-corrected chi connectivity index (χ1v) is 9.64. The third kappa shape index (κ3) is 6.03. The van der Waals surface area contributed by atoms with Crippen molar-refractivity contribution in [2.45, 2.75) is 4.90 Å². The Morgan fingerprint density at radius 2 is 2.08 bits per heavy atom. The van der Waals surface area contributed by atoms with E-state index >= 15 is 0 Å². The molecule has 5 N–H and O–H groups in total. The fourth-order valence-electron chi connectivity index (χ4n) is 2.27. The molecule has 144 valence electrons. The summed E-state index contributed by atoms with van der Waals surface area (Å²) in [6, 6.07) is 3.29. The van der Waals surface area contributed by atoms with Crippen LogP contribution in [0, 0.1) is 10.1 Å². The van der Waals surface area contributed by atoms with Crippen molar-refractivity contribution in [2.75, 3.05) is 44.8 Å². The highest BCUT2D eigenvalue weighted by Gasteiger charge is 2.19. The number of hydrogen-bond donors (Lipinski definition) is 4. The summed E-state index contributed by atoms with van der Waals surface area (Å²) >= 11 is 5.10. The number of nitro groups is 1. The number of ether oxygens (including phenoxy) is 1. The van der Waals surface area contributed by atoms with E-state index in [-0.39, 0.29) is 15.7 Å². The monoisotopic (exact) mass is 404 g/mol. The Kier molecular flexibility index (Phi) is 7.05. The molecule has 1 aliphatic rings. The van der Waals surface area contributed by atoms with Gasteiger partial charge in [-0.15, -0.1) is 0 Å². The first-order valence-electron chi connectivity index (χ1n) is 7.68. The maximum absolute atomic E-state index is 11.3. The number of nitrogens with zero attached hydrogens (tertiary/aromatic N) is 2. The summed E-state index contributed by atoms with van der Waals surface area (Å²) in [5, 5.41) is 19.3. The minimum Gasteiger partial charge on any atom is -0.379 e. The number of anilines is 1. The van der Waals surface area contributed by atoms with E-state index in [1.54, 1.807) is 0 Å². The highest BCUT2D eigenvalue weighted by Crippen LogP contribution is 2.26. The largest absolute Gasteiger partial charge is 0.379 e. The van der Waals surface area contributed by atoms with Crippen molar-refractivity contribution < 1.29 is 18.1 Å². The molecule has 0 aromatic heterocycles. The van der Waals surface area contributed by atoms with Crippen molar-refractivity contribution >= 4 is 38.7 Å². The van der Waals surface area contributed by atoms with Crippen LogP contribution in [-0.4, -0.2) is 62.7 Å².